The first-order chi connectivity index (χ1) is 9.27. The summed E-state index contributed by atoms with van der Waals surface area (Å²) in [4.78, 5) is 4.13. The second-order valence-electron chi connectivity index (χ2n) is 4.08. The fourth-order valence-corrected chi connectivity index (χ4v) is 2.50. The van der Waals surface area contributed by atoms with Crippen LogP contribution in [0.4, 0.5) is 5.82 Å². The van der Waals surface area contributed by atoms with Crippen LogP contribution in [0.5, 0.6) is 0 Å². The topological polar surface area (TPSA) is 67.6 Å². The highest BCUT2D eigenvalue weighted by Gasteiger charge is 2.16. The van der Waals surface area contributed by atoms with Crippen molar-refractivity contribution in [2.45, 2.75) is 0 Å². The van der Waals surface area contributed by atoms with E-state index in [0.717, 1.165) is 26.9 Å². The van der Waals surface area contributed by atoms with E-state index >= 15 is 0 Å². The lowest BCUT2D eigenvalue weighted by Gasteiger charge is -2.06. The molecule has 0 radical (unpaired) electrons. The van der Waals surface area contributed by atoms with Crippen LogP contribution in [0.2, 0.25) is 0 Å². The molecule has 2 aromatic heterocycles. The molecule has 0 aliphatic carbocycles. The summed E-state index contributed by atoms with van der Waals surface area (Å²) >= 11 is 3.55. The summed E-state index contributed by atoms with van der Waals surface area (Å²) in [5.74, 6) is 0.478. The van der Waals surface area contributed by atoms with Gasteiger partial charge in [-0.15, -0.1) is 0 Å². The minimum Gasteiger partial charge on any atom is -0.382 e. The van der Waals surface area contributed by atoms with Crippen molar-refractivity contribution in [3.63, 3.8) is 0 Å². The van der Waals surface area contributed by atoms with Gasteiger partial charge in [-0.1, -0.05) is 34.1 Å². The number of nitrogens with two attached hydrogens (primary N) is 1. The summed E-state index contributed by atoms with van der Waals surface area (Å²) < 4.78 is 0.980. The maximum absolute atomic E-state index is 6.00. The lowest BCUT2D eigenvalue weighted by molar-refractivity contribution is 1.10. The van der Waals surface area contributed by atoms with Crippen molar-refractivity contribution in [3.8, 4) is 22.4 Å². The SMILES string of the molecule is Nc1n[nH]c(-c2cccnc2)c1-c1ccccc1Br. The number of nitrogens with one attached hydrogen (secondary N) is 1. The van der Waals surface area contributed by atoms with Crippen molar-refractivity contribution < 1.29 is 0 Å². The number of hydrogen-bond acceptors (Lipinski definition) is 3. The first-order valence-electron chi connectivity index (χ1n) is 5.76. The lowest BCUT2D eigenvalue weighted by atomic mass is 10.0. The highest BCUT2D eigenvalue weighted by molar-refractivity contribution is 9.10. The van der Waals surface area contributed by atoms with Gasteiger partial charge in [-0.3, -0.25) is 10.1 Å². The Balaban J connectivity index is 2.23. The molecule has 3 N–H and O–H groups in total. The van der Waals surface area contributed by atoms with E-state index in [1.54, 1.807) is 12.4 Å². The van der Waals surface area contributed by atoms with Crippen LogP contribution in [0, 0.1) is 0 Å². The summed E-state index contributed by atoms with van der Waals surface area (Å²) in [6, 6.07) is 11.8. The van der Waals surface area contributed by atoms with E-state index < -0.39 is 0 Å². The van der Waals surface area contributed by atoms with E-state index in [1.807, 2.05) is 36.4 Å². The second kappa shape index (κ2) is 4.85. The van der Waals surface area contributed by atoms with Crippen molar-refractivity contribution in [2.24, 2.45) is 0 Å². The molecule has 2 heterocycles. The molecule has 0 aliphatic heterocycles. The number of halogens is 1. The summed E-state index contributed by atoms with van der Waals surface area (Å²) in [5.41, 5.74) is 9.72. The van der Waals surface area contributed by atoms with Crippen molar-refractivity contribution in [3.05, 3.63) is 53.3 Å². The molecule has 3 aromatic rings. The van der Waals surface area contributed by atoms with E-state index in [1.165, 1.54) is 0 Å². The van der Waals surface area contributed by atoms with Gasteiger partial charge in [-0.2, -0.15) is 5.10 Å². The van der Waals surface area contributed by atoms with Gasteiger partial charge in [0, 0.05) is 28.0 Å². The third-order valence-electron chi connectivity index (χ3n) is 2.89. The van der Waals surface area contributed by atoms with Crippen LogP contribution in [0.25, 0.3) is 22.4 Å². The molecule has 5 heteroatoms. The number of nitrogens with zero attached hydrogens (tertiary/aromatic N) is 2. The number of pyridine rings is 1. The minimum atomic E-state index is 0.478. The molecular formula is C14H11BrN4. The number of H-pyrrole nitrogens is 1. The Kier molecular flexibility index (Phi) is 3.05. The zero-order valence-corrected chi connectivity index (χ0v) is 11.6. The van der Waals surface area contributed by atoms with Crippen LogP contribution in [0.1, 0.15) is 0 Å². The molecular weight excluding hydrogens is 304 g/mol. The molecule has 19 heavy (non-hydrogen) atoms. The molecule has 0 saturated heterocycles. The van der Waals surface area contributed by atoms with Crippen molar-refractivity contribution in [1.29, 1.82) is 0 Å². The molecule has 1 aromatic carbocycles. The summed E-state index contributed by atoms with van der Waals surface area (Å²) in [7, 11) is 0. The molecule has 0 bridgehead atoms. The molecule has 0 saturated carbocycles. The van der Waals surface area contributed by atoms with Crippen LogP contribution in [-0.2, 0) is 0 Å². The molecule has 3 rings (SSSR count). The average Bonchev–Trinajstić information content (AvgIpc) is 2.82. The van der Waals surface area contributed by atoms with Gasteiger partial charge >= 0.3 is 0 Å². The third kappa shape index (κ3) is 2.13. The predicted octanol–water partition coefficient (Wildman–Crippen LogP) is 3.48. The number of benzene rings is 1. The Morgan fingerprint density at radius 2 is 1.95 bits per heavy atom. The zero-order valence-electron chi connectivity index (χ0n) is 9.97. The van der Waals surface area contributed by atoms with Crippen LogP contribution in [-0.4, -0.2) is 15.2 Å². The molecule has 0 aliphatic rings. The first-order valence-corrected chi connectivity index (χ1v) is 6.56. The monoisotopic (exact) mass is 314 g/mol. The fourth-order valence-electron chi connectivity index (χ4n) is 2.01. The number of hydrogen-bond donors (Lipinski definition) is 2. The van der Waals surface area contributed by atoms with E-state index in [0.29, 0.717) is 5.82 Å². The van der Waals surface area contributed by atoms with Crippen molar-refractivity contribution in [2.75, 3.05) is 5.73 Å². The molecule has 4 nitrogen and oxygen atoms in total. The zero-order chi connectivity index (χ0) is 13.2. The molecule has 0 unspecified atom stereocenters. The third-order valence-corrected chi connectivity index (χ3v) is 3.58. The van der Waals surface area contributed by atoms with E-state index in [-0.39, 0.29) is 0 Å². The number of aromatic nitrogens is 3. The number of nitrogen functional groups attached to an aromatic ring is 1. The summed E-state index contributed by atoms with van der Waals surface area (Å²) in [6.45, 7) is 0. The molecule has 0 spiro atoms. The Morgan fingerprint density at radius 3 is 2.68 bits per heavy atom. The van der Waals surface area contributed by atoms with Gasteiger partial charge in [0.05, 0.1) is 11.3 Å². The van der Waals surface area contributed by atoms with Gasteiger partial charge in [-0.05, 0) is 18.2 Å². The van der Waals surface area contributed by atoms with Crippen LogP contribution >= 0.6 is 15.9 Å². The minimum absolute atomic E-state index is 0.478. The molecule has 0 fully saturated rings. The van der Waals surface area contributed by atoms with Gasteiger partial charge in [0.1, 0.15) is 0 Å². The van der Waals surface area contributed by atoms with Crippen LogP contribution in [0.15, 0.2) is 53.3 Å². The largest absolute Gasteiger partial charge is 0.382 e. The highest BCUT2D eigenvalue weighted by Crippen LogP contribution is 2.37. The Bertz CT molecular complexity index is 706. The molecule has 0 amide bonds. The van der Waals surface area contributed by atoms with Crippen molar-refractivity contribution >= 4 is 21.7 Å². The second-order valence-corrected chi connectivity index (χ2v) is 4.93. The van der Waals surface area contributed by atoms with E-state index in [4.69, 9.17) is 5.73 Å². The standard InChI is InChI=1S/C14H11BrN4/c15-11-6-2-1-5-10(11)12-13(18-19-14(12)16)9-4-3-7-17-8-9/h1-8H,(H3,16,18,19). The number of rotatable bonds is 2. The Labute approximate surface area is 118 Å². The van der Waals surface area contributed by atoms with Gasteiger partial charge in [0.2, 0.25) is 0 Å². The maximum Gasteiger partial charge on any atom is 0.153 e. The lowest BCUT2D eigenvalue weighted by Crippen LogP contribution is -1.89. The van der Waals surface area contributed by atoms with Gasteiger partial charge in [0.25, 0.3) is 0 Å². The van der Waals surface area contributed by atoms with Crippen LogP contribution in [0.3, 0.4) is 0 Å². The van der Waals surface area contributed by atoms with Gasteiger partial charge in [-0.25, -0.2) is 0 Å². The quantitative estimate of drug-likeness (QED) is 0.761. The normalized spacial score (nSPS) is 10.6. The van der Waals surface area contributed by atoms with Crippen LogP contribution < -0.4 is 5.73 Å². The average molecular weight is 315 g/mol. The highest BCUT2D eigenvalue weighted by atomic mass is 79.9. The molecule has 94 valence electrons. The smallest absolute Gasteiger partial charge is 0.153 e. The molecule has 0 atom stereocenters. The Hall–Kier alpha value is -2.14. The number of anilines is 1. The maximum atomic E-state index is 6.00. The fraction of sp³-hybridized carbons (Fsp3) is 0. The number of aromatic amines is 1. The summed E-state index contributed by atoms with van der Waals surface area (Å²) in [5, 5.41) is 7.09. The van der Waals surface area contributed by atoms with E-state index in [9.17, 15) is 0 Å². The summed E-state index contributed by atoms with van der Waals surface area (Å²) in [6.07, 6.45) is 3.52. The predicted molar refractivity (Wildman–Crippen MR) is 79.4 cm³/mol. The first kappa shape index (κ1) is 11.9. The van der Waals surface area contributed by atoms with Gasteiger partial charge in [0.15, 0.2) is 5.82 Å². The Morgan fingerprint density at radius 1 is 1.11 bits per heavy atom. The van der Waals surface area contributed by atoms with Gasteiger partial charge < -0.3 is 5.73 Å². The van der Waals surface area contributed by atoms with Crippen molar-refractivity contribution in [1.82, 2.24) is 15.2 Å². The van der Waals surface area contributed by atoms with E-state index in [2.05, 4.69) is 31.1 Å².